The maximum Gasteiger partial charge on any atom is 0.137 e. The van der Waals surface area contributed by atoms with E-state index in [1.54, 1.807) is 0 Å². The van der Waals surface area contributed by atoms with Crippen molar-refractivity contribution in [2.45, 2.75) is 39.3 Å². The zero-order chi connectivity index (χ0) is 11.1. The Morgan fingerprint density at radius 3 is 2.81 bits per heavy atom. The van der Waals surface area contributed by atoms with E-state index >= 15 is 0 Å². The molecule has 0 radical (unpaired) electrons. The van der Waals surface area contributed by atoms with Gasteiger partial charge in [-0.2, -0.15) is 0 Å². The Hall–Kier alpha value is -1.28. The Morgan fingerprint density at radius 2 is 2.12 bits per heavy atom. The van der Waals surface area contributed by atoms with Crippen molar-refractivity contribution >= 4 is 11.0 Å². The van der Waals surface area contributed by atoms with Crippen LogP contribution in [0.2, 0.25) is 0 Å². The van der Waals surface area contributed by atoms with Crippen molar-refractivity contribution in [2.75, 3.05) is 0 Å². The van der Waals surface area contributed by atoms with E-state index in [2.05, 4.69) is 37.4 Å². The van der Waals surface area contributed by atoms with Crippen LogP contribution in [0.5, 0.6) is 0 Å². The summed E-state index contributed by atoms with van der Waals surface area (Å²) in [5.74, 6) is 1.09. The first-order valence-corrected chi connectivity index (χ1v) is 5.96. The molecule has 0 spiro atoms. The molecule has 0 amide bonds. The van der Waals surface area contributed by atoms with Crippen LogP contribution >= 0.6 is 0 Å². The summed E-state index contributed by atoms with van der Waals surface area (Å²) in [4.78, 5) is 0. The number of fused-ring (bicyclic) bond motifs is 1. The van der Waals surface area contributed by atoms with E-state index in [-0.39, 0.29) is 0 Å². The smallest absolute Gasteiger partial charge is 0.137 e. The fourth-order valence-electron chi connectivity index (χ4n) is 2.13. The molecule has 0 bridgehead atoms. The molecule has 0 atom stereocenters. The molecule has 3 rings (SSSR count). The maximum atomic E-state index is 5.95. The van der Waals surface area contributed by atoms with Gasteiger partial charge in [-0.15, -0.1) is 0 Å². The van der Waals surface area contributed by atoms with E-state index in [1.807, 2.05) is 0 Å². The summed E-state index contributed by atoms with van der Waals surface area (Å²) in [6.45, 7) is 5.11. The van der Waals surface area contributed by atoms with Crippen molar-refractivity contribution in [1.29, 1.82) is 0 Å². The van der Waals surface area contributed by atoms with Crippen LogP contribution in [0, 0.1) is 13.8 Å². The molecule has 2 heteroatoms. The number of hydrogen-bond donors (Lipinski definition) is 1. The van der Waals surface area contributed by atoms with Crippen LogP contribution in [-0.4, -0.2) is 6.04 Å². The highest BCUT2D eigenvalue weighted by Crippen LogP contribution is 2.28. The van der Waals surface area contributed by atoms with Crippen LogP contribution in [0.3, 0.4) is 0 Å². The van der Waals surface area contributed by atoms with Crippen molar-refractivity contribution in [3.8, 4) is 0 Å². The lowest BCUT2D eigenvalue weighted by molar-refractivity contribution is 0.508. The van der Waals surface area contributed by atoms with Crippen LogP contribution in [0.1, 0.15) is 29.7 Å². The predicted octanol–water partition coefficient (Wildman–Crippen LogP) is 3.30. The first-order valence-electron chi connectivity index (χ1n) is 5.96. The molecule has 0 unspecified atom stereocenters. The summed E-state index contributed by atoms with van der Waals surface area (Å²) < 4.78 is 5.95. The molecule has 1 aromatic heterocycles. The van der Waals surface area contributed by atoms with Gasteiger partial charge in [0.1, 0.15) is 11.3 Å². The second-order valence-electron chi connectivity index (χ2n) is 4.76. The quantitative estimate of drug-likeness (QED) is 0.849. The van der Waals surface area contributed by atoms with Gasteiger partial charge in [0.25, 0.3) is 0 Å². The molecule has 1 aliphatic carbocycles. The van der Waals surface area contributed by atoms with Gasteiger partial charge in [-0.25, -0.2) is 0 Å². The standard InChI is InChI=1S/C14H17NO/c1-9-4-3-5-12-10(2)13(16-14(9)12)8-15-11-6-7-11/h3-5,11,15H,6-8H2,1-2H3. The molecule has 1 heterocycles. The van der Waals surface area contributed by atoms with Crippen molar-refractivity contribution in [2.24, 2.45) is 0 Å². The van der Waals surface area contributed by atoms with E-state index in [9.17, 15) is 0 Å². The number of rotatable bonds is 3. The third-order valence-corrected chi connectivity index (χ3v) is 3.39. The molecule has 0 aliphatic heterocycles. The van der Waals surface area contributed by atoms with Gasteiger partial charge in [-0.3, -0.25) is 0 Å². The third kappa shape index (κ3) is 1.63. The minimum atomic E-state index is 0.730. The highest BCUT2D eigenvalue weighted by atomic mass is 16.3. The van der Waals surface area contributed by atoms with Gasteiger partial charge in [-0.1, -0.05) is 18.2 Å². The van der Waals surface area contributed by atoms with E-state index in [0.717, 1.165) is 23.9 Å². The SMILES string of the molecule is Cc1c(CNC2CC2)oc2c(C)cccc12. The molecule has 16 heavy (non-hydrogen) atoms. The number of para-hydroxylation sites is 1. The van der Waals surface area contributed by atoms with Gasteiger partial charge >= 0.3 is 0 Å². The summed E-state index contributed by atoms with van der Waals surface area (Å²) in [6.07, 6.45) is 2.64. The third-order valence-electron chi connectivity index (χ3n) is 3.39. The lowest BCUT2D eigenvalue weighted by atomic mass is 10.1. The maximum absolute atomic E-state index is 5.95. The molecule has 1 N–H and O–H groups in total. The van der Waals surface area contributed by atoms with Gasteiger partial charge in [0.2, 0.25) is 0 Å². The van der Waals surface area contributed by atoms with Gasteiger partial charge in [0.05, 0.1) is 6.54 Å². The highest BCUT2D eigenvalue weighted by molar-refractivity contribution is 5.84. The Kier molecular flexibility index (Phi) is 2.25. The normalized spacial score (nSPS) is 15.9. The fourth-order valence-corrected chi connectivity index (χ4v) is 2.13. The Balaban J connectivity index is 1.97. The molecule has 1 aromatic carbocycles. The first kappa shape index (κ1) is 9.91. The zero-order valence-corrected chi connectivity index (χ0v) is 9.84. The largest absolute Gasteiger partial charge is 0.459 e. The summed E-state index contributed by atoms with van der Waals surface area (Å²) in [5.41, 5.74) is 3.55. The number of hydrogen-bond acceptors (Lipinski definition) is 2. The van der Waals surface area contributed by atoms with Crippen molar-refractivity contribution < 1.29 is 4.42 Å². The molecule has 84 valence electrons. The van der Waals surface area contributed by atoms with E-state index < -0.39 is 0 Å². The molecular weight excluding hydrogens is 198 g/mol. The van der Waals surface area contributed by atoms with Gasteiger partial charge in [0, 0.05) is 11.4 Å². The van der Waals surface area contributed by atoms with Crippen LogP contribution in [0.15, 0.2) is 22.6 Å². The topological polar surface area (TPSA) is 25.2 Å². The second-order valence-corrected chi connectivity index (χ2v) is 4.76. The molecule has 0 saturated heterocycles. The number of aryl methyl sites for hydroxylation is 2. The van der Waals surface area contributed by atoms with E-state index in [4.69, 9.17) is 4.42 Å². The Morgan fingerprint density at radius 1 is 1.31 bits per heavy atom. The highest BCUT2D eigenvalue weighted by Gasteiger charge is 2.21. The molecule has 1 fully saturated rings. The van der Waals surface area contributed by atoms with Crippen LogP contribution in [0.4, 0.5) is 0 Å². The molecule has 1 saturated carbocycles. The van der Waals surface area contributed by atoms with E-state index in [0.29, 0.717) is 0 Å². The van der Waals surface area contributed by atoms with Crippen molar-refractivity contribution in [3.05, 3.63) is 35.1 Å². The fraction of sp³-hybridized carbons (Fsp3) is 0.429. The minimum Gasteiger partial charge on any atom is -0.459 e. The van der Waals surface area contributed by atoms with Crippen LogP contribution < -0.4 is 5.32 Å². The lowest BCUT2D eigenvalue weighted by Crippen LogP contribution is -2.15. The molecule has 2 aromatic rings. The molecular formula is C14H17NO. The van der Waals surface area contributed by atoms with Gasteiger partial charge in [-0.05, 0) is 37.8 Å². The van der Waals surface area contributed by atoms with Crippen LogP contribution in [-0.2, 0) is 6.54 Å². The minimum absolute atomic E-state index is 0.730. The predicted molar refractivity (Wildman–Crippen MR) is 65.5 cm³/mol. The average molecular weight is 215 g/mol. The molecule has 2 nitrogen and oxygen atoms in total. The number of furan rings is 1. The summed E-state index contributed by atoms with van der Waals surface area (Å²) >= 11 is 0. The van der Waals surface area contributed by atoms with Crippen molar-refractivity contribution in [3.63, 3.8) is 0 Å². The Bertz CT molecular complexity index is 523. The summed E-state index contributed by atoms with van der Waals surface area (Å²) in [7, 11) is 0. The van der Waals surface area contributed by atoms with Crippen molar-refractivity contribution in [1.82, 2.24) is 5.32 Å². The Labute approximate surface area is 95.6 Å². The van der Waals surface area contributed by atoms with Gasteiger partial charge in [0.15, 0.2) is 0 Å². The second kappa shape index (κ2) is 3.63. The van der Waals surface area contributed by atoms with Gasteiger partial charge < -0.3 is 9.73 Å². The van der Waals surface area contributed by atoms with Crippen LogP contribution in [0.25, 0.3) is 11.0 Å². The summed E-state index contributed by atoms with van der Waals surface area (Å²) in [5, 5.41) is 4.76. The molecule has 1 aliphatic rings. The van der Waals surface area contributed by atoms with E-state index in [1.165, 1.54) is 29.4 Å². The first-order chi connectivity index (χ1) is 7.75. The zero-order valence-electron chi connectivity index (χ0n) is 9.84. The number of nitrogens with one attached hydrogen (secondary N) is 1. The number of benzene rings is 1. The monoisotopic (exact) mass is 215 g/mol. The lowest BCUT2D eigenvalue weighted by Gasteiger charge is -1.99. The summed E-state index contributed by atoms with van der Waals surface area (Å²) in [6, 6.07) is 7.07. The average Bonchev–Trinajstić information content (AvgIpc) is 3.04.